The van der Waals surface area contributed by atoms with Gasteiger partial charge in [0.1, 0.15) is 5.70 Å². The average Bonchev–Trinajstić information content (AvgIpc) is 3.22. The van der Waals surface area contributed by atoms with E-state index in [-0.39, 0.29) is 15.5 Å². The van der Waals surface area contributed by atoms with E-state index >= 15 is 0 Å². The van der Waals surface area contributed by atoms with Gasteiger partial charge in [-0.2, -0.15) is 13.2 Å². The number of pyridine rings is 1. The summed E-state index contributed by atoms with van der Waals surface area (Å²) in [5.74, 6) is -3.82. The van der Waals surface area contributed by atoms with Crippen molar-refractivity contribution in [2.45, 2.75) is 23.9 Å². The van der Waals surface area contributed by atoms with Gasteiger partial charge in [0.15, 0.2) is 5.82 Å². The Kier molecular flexibility index (Phi) is 6.92. The lowest BCUT2D eigenvalue weighted by Crippen LogP contribution is -2.20. The van der Waals surface area contributed by atoms with E-state index in [1.165, 1.54) is 42.6 Å². The second-order valence-corrected chi connectivity index (χ2v) is 9.74. The highest BCUT2D eigenvalue weighted by molar-refractivity contribution is 7.89. The van der Waals surface area contributed by atoms with Crippen LogP contribution in [0.2, 0.25) is 0 Å². The maximum absolute atomic E-state index is 14.0. The summed E-state index contributed by atoms with van der Waals surface area (Å²) in [5, 5.41) is 5.15. The van der Waals surface area contributed by atoms with Crippen molar-refractivity contribution in [2.24, 2.45) is 15.9 Å². The fourth-order valence-corrected chi connectivity index (χ4v) is 4.31. The first-order chi connectivity index (χ1) is 15.7. The van der Waals surface area contributed by atoms with Crippen molar-refractivity contribution in [1.82, 2.24) is 4.98 Å². The van der Waals surface area contributed by atoms with E-state index in [0.29, 0.717) is 23.4 Å². The predicted octanol–water partition coefficient (Wildman–Crippen LogP) is 5.09. The summed E-state index contributed by atoms with van der Waals surface area (Å²) in [6, 6.07) is 10.9. The number of thiophene rings is 1. The van der Waals surface area contributed by atoms with E-state index in [1.54, 1.807) is 6.07 Å². The van der Waals surface area contributed by atoms with Crippen LogP contribution in [0.3, 0.4) is 0 Å². The monoisotopic (exact) mass is 516 g/mol. The van der Waals surface area contributed by atoms with Crippen molar-refractivity contribution in [1.29, 1.82) is 0 Å². The quantitative estimate of drug-likeness (QED) is 0.351. The first kappa shape index (κ1) is 25.5. The number of aromatic nitrogens is 1. The zero-order chi connectivity index (χ0) is 25.3. The number of allylic oxidation sites excluding steroid dienone is 2. The van der Waals surface area contributed by atoms with Gasteiger partial charge >= 0.3 is 6.18 Å². The van der Waals surface area contributed by atoms with Crippen molar-refractivity contribution in [3.05, 3.63) is 76.9 Å². The molecule has 0 radical (unpaired) electrons. The lowest BCUT2D eigenvalue weighted by Gasteiger charge is -2.13. The molecule has 0 amide bonds. The summed E-state index contributed by atoms with van der Waals surface area (Å²) in [5.41, 5.74) is 3.17. The summed E-state index contributed by atoms with van der Waals surface area (Å²) in [6.45, 7) is 0.615. The number of halogens is 5. The normalized spacial score (nSPS) is 13.9. The van der Waals surface area contributed by atoms with Crippen molar-refractivity contribution >= 4 is 32.9 Å². The summed E-state index contributed by atoms with van der Waals surface area (Å²) >= 11 is 0.949. The van der Waals surface area contributed by atoms with Gasteiger partial charge in [-0.15, -0.1) is 11.3 Å². The number of benzene rings is 1. The Morgan fingerprint density at radius 1 is 1.09 bits per heavy atom. The number of aliphatic imine (C=N–C) groups is 1. The highest BCUT2D eigenvalue weighted by Gasteiger charge is 2.32. The van der Waals surface area contributed by atoms with Crippen LogP contribution >= 0.6 is 11.3 Å². The van der Waals surface area contributed by atoms with Crippen LogP contribution in [0.1, 0.15) is 17.4 Å². The fourth-order valence-electron chi connectivity index (χ4n) is 2.79. The third-order valence-electron chi connectivity index (χ3n) is 4.41. The first-order valence-electron chi connectivity index (χ1n) is 9.36. The molecule has 1 aromatic carbocycles. The third kappa shape index (κ3) is 6.04. The number of hydrogen-bond donors (Lipinski definition) is 2. The summed E-state index contributed by atoms with van der Waals surface area (Å²) in [6.07, 6.45) is -3.17. The van der Waals surface area contributed by atoms with E-state index in [2.05, 4.69) is 9.98 Å². The van der Waals surface area contributed by atoms with E-state index in [1.807, 2.05) is 0 Å². The Labute approximate surface area is 195 Å². The van der Waals surface area contributed by atoms with Crippen LogP contribution in [0.5, 0.6) is 0 Å². The maximum Gasteiger partial charge on any atom is 0.430 e. The Morgan fingerprint density at radius 2 is 1.79 bits per heavy atom. The average molecular weight is 517 g/mol. The smallest absolute Gasteiger partial charge is 0.395 e. The Balaban J connectivity index is 2.16. The highest BCUT2D eigenvalue weighted by atomic mass is 32.2. The fraction of sp³-hybridized carbons (Fsp3) is 0.143. The number of hydrogen-bond acceptors (Lipinski definition) is 6. The minimum atomic E-state index is -4.88. The van der Waals surface area contributed by atoms with Crippen LogP contribution in [0, 0.1) is 0 Å². The molecule has 0 atom stereocenters. The van der Waals surface area contributed by atoms with Crippen molar-refractivity contribution in [3.63, 3.8) is 0 Å². The van der Waals surface area contributed by atoms with Crippen molar-refractivity contribution in [3.8, 4) is 10.4 Å². The van der Waals surface area contributed by atoms with E-state index in [0.717, 1.165) is 17.4 Å². The molecule has 3 rings (SSSR count). The van der Waals surface area contributed by atoms with Crippen LogP contribution in [0.25, 0.3) is 10.4 Å². The van der Waals surface area contributed by atoms with Gasteiger partial charge in [0.25, 0.3) is 5.92 Å². The first-order valence-corrected chi connectivity index (χ1v) is 11.7. The molecule has 180 valence electrons. The molecule has 4 N–H and O–H groups in total. The van der Waals surface area contributed by atoms with Gasteiger partial charge < -0.3 is 5.73 Å². The maximum atomic E-state index is 14.0. The molecule has 0 saturated carbocycles. The minimum absolute atomic E-state index is 0.152. The van der Waals surface area contributed by atoms with Gasteiger partial charge in [0, 0.05) is 18.0 Å². The van der Waals surface area contributed by atoms with Gasteiger partial charge in [-0.1, -0.05) is 12.1 Å². The number of rotatable bonds is 6. The van der Waals surface area contributed by atoms with Crippen LogP contribution < -0.4 is 10.9 Å². The molecule has 0 aliphatic heterocycles. The zero-order valence-electron chi connectivity index (χ0n) is 17.3. The second-order valence-electron chi connectivity index (χ2n) is 7.09. The molecule has 0 spiro atoms. The number of primary sulfonamides is 1. The molecule has 2 heterocycles. The highest BCUT2D eigenvalue weighted by Crippen LogP contribution is 2.35. The van der Waals surface area contributed by atoms with Gasteiger partial charge in [0.05, 0.1) is 21.0 Å². The largest absolute Gasteiger partial charge is 0.430 e. The van der Waals surface area contributed by atoms with Gasteiger partial charge in [-0.05, 0) is 48.0 Å². The molecule has 0 bridgehead atoms. The summed E-state index contributed by atoms with van der Waals surface area (Å²) in [4.78, 5) is 8.23. The van der Waals surface area contributed by atoms with E-state index < -0.39 is 39.2 Å². The molecular formula is C21H17F5N4O2S2. The standard InChI is InChI=1S/C21H17F5N4O2S2/c1-20(22,23)14-6-3-9-29-19(14)30-15(11-18(27)21(24,25)26)17-8-7-16(33-17)12-4-2-5-13(10-12)34(28,31)32/h2-11H,27H2,1H3,(H2,28,31,32). The molecule has 2 aromatic heterocycles. The lowest BCUT2D eigenvalue weighted by atomic mass is 10.1. The zero-order valence-corrected chi connectivity index (χ0v) is 19.0. The van der Waals surface area contributed by atoms with Gasteiger partial charge in [0.2, 0.25) is 10.0 Å². The van der Waals surface area contributed by atoms with Crippen LogP contribution in [-0.4, -0.2) is 25.3 Å². The number of sulfonamides is 1. The Hall–Kier alpha value is -3.16. The molecule has 0 aliphatic carbocycles. The molecule has 3 aromatic rings. The molecule has 34 heavy (non-hydrogen) atoms. The molecular weight excluding hydrogens is 499 g/mol. The Morgan fingerprint density at radius 3 is 2.41 bits per heavy atom. The van der Waals surface area contributed by atoms with E-state index in [9.17, 15) is 30.4 Å². The van der Waals surface area contributed by atoms with Crippen LogP contribution in [0.15, 0.2) is 76.4 Å². The SMILES string of the molecule is CC(F)(F)c1cccnc1N=C(C=C(N)C(F)(F)F)c1ccc(-c2cccc(S(N)(=O)=O)c2)s1. The van der Waals surface area contributed by atoms with Crippen molar-refractivity contribution < 1.29 is 30.4 Å². The van der Waals surface area contributed by atoms with Crippen LogP contribution in [0.4, 0.5) is 27.8 Å². The second kappa shape index (κ2) is 9.24. The van der Waals surface area contributed by atoms with E-state index in [4.69, 9.17) is 10.9 Å². The number of nitrogens with zero attached hydrogens (tertiary/aromatic N) is 2. The summed E-state index contributed by atoms with van der Waals surface area (Å²) < 4.78 is 90.6. The molecule has 6 nitrogen and oxygen atoms in total. The third-order valence-corrected chi connectivity index (χ3v) is 6.48. The summed E-state index contributed by atoms with van der Waals surface area (Å²) in [7, 11) is -3.98. The predicted molar refractivity (Wildman–Crippen MR) is 119 cm³/mol. The Bertz CT molecular complexity index is 1370. The van der Waals surface area contributed by atoms with Gasteiger partial charge in [-0.25, -0.2) is 32.3 Å². The topological polar surface area (TPSA) is 111 Å². The molecule has 0 fully saturated rings. The number of nitrogens with two attached hydrogens (primary N) is 2. The molecule has 0 saturated heterocycles. The molecule has 0 aliphatic rings. The number of alkyl halides is 5. The molecule has 0 unspecified atom stereocenters. The van der Waals surface area contributed by atoms with Gasteiger partial charge in [-0.3, -0.25) is 0 Å². The van der Waals surface area contributed by atoms with Crippen molar-refractivity contribution in [2.75, 3.05) is 0 Å². The minimum Gasteiger partial charge on any atom is -0.395 e. The van der Waals surface area contributed by atoms with Crippen LogP contribution in [-0.2, 0) is 15.9 Å². The lowest BCUT2D eigenvalue weighted by molar-refractivity contribution is -0.0925. The molecule has 13 heteroatoms.